The van der Waals surface area contributed by atoms with Gasteiger partial charge in [0, 0.05) is 29.7 Å². The summed E-state index contributed by atoms with van der Waals surface area (Å²) in [6.07, 6.45) is 7.37. The second-order valence-corrected chi connectivity index (χ2v) is 9.55. The Hall–Kier alpha value is -4.98. The molecule has 6 aromatic rings. The Kier molecular flexibility index (Phi) is 6.74. The molecule has 6 rings (SSSR count). The summed E-state index contributed by atoms with van der Waals surface area (Å²) in [4.78, 5) is 20.2. The number of carbonyl (C=O) groups is 1. The van der Waals surface area contributed by atoms with Gasteiger partial charge < -0.3 is 19.7 Å². The van der Waals surface area contributed by atoms with Crippen LogP contribution in [0.3, 0.4) is 0 Å². The molecule has 0 unspecified atom stereocenters. The van der Waals surface area contributed by atoms with E-state index in [0.717, 1.165) is 45.9 Å². The van der Waals surface area contributed by atoms with Crippen molar-refractivity contribution in [3.05, 3.63) is 137 Å². The molecule has 194 valence electrons. The molecular formula is C31H28N6O2. The van der Waals surface area contributed by atoms with Gasteiger partial charge in [0.05, 0.1) is 18.7 Å². The molecule has 4 heterocycles. The predicted molar refractivity (Wildman–Crippen MR) is 148 cm³/mol. The molecule has 0 spiro atoms. The quantitative estimate of drug-likeness (QED) is 0.264. The maximum atomic E-state index is 12.5. The largest absolute Gasteiger partial charge is 0.467 e. The number of amides is 1. The third-order valence-electron chi connectivity index (χ3n) is 7.09. The van der Waals surface area contributed by atoms with Crippen molar-refractivity contribution >= 4 is 16.8 Å². The number of pyridine rings is 1. The first-order chi connectivity index (χ1) is 19.2. The Bertz CT molecular complexity index is 1700. The summed E-state index contributed by atoms with van der Waals surface area (Å²) in [5, 5.41) is 10.5. The van der Waals surface area contributed by atoms with Crippen molar-refractivity contribution < 1.29 is 9.21 Å². The molecular weight excluding hydrogens is 488 g/mol. The molecule has 0 fully saturated rings. The van der Waals surface area contributed by atoms with Gasteiger partial charge in [-0.2, -0.15) is 0 Å². The van der Waals surface area contributed by atoms with E-state index in [2.05, 4.69) is 37.8 Å². The Morgan fingerprint density at radius 1 is 0.949 bits per heavy atom. The van der Waals surface area contributed by atoms with Gasteiger partial charge >= 0.3 is 0 Å². The third kappa shape index (κ3) is 5.09. The first-order valence-corrected chi connectivity index (χ1v) is 13.0. The zero-order valence-corrected chi connectivity index (χ0v) is 21.3. The minimum atomic E-state index is -0.573. The fourth-order valence-electron chi connectivity index (χ4n) is 5.19. The van der Waals surface area contributed by atoms with E-state index in [1.54, 1.807) is 12.5 Å². The molecule has 0 saturated heterocycles. The number of hydrogen-bond donors (Lipinski definition) is 2. The monoisotopic (exact) mass is 516 g/mol. The van der Waals surface area contributed by atoms with Gasteiger partial charge in [-0.15, -0.1) is 10.2 Å². The lowest BCUT2D eigenvalue weighted by Crippen LogP contribution is -2.21. The Labute approximate surface area is 225 Å². The fourth-order valence-corrected chi connectivity index (χ4v) is 5.19. The van der Waals surface area contributed by atoms with E-state index in [1.165, 1.54) is 5.56 Å². The molecule has 0 aliphatic heterocycles. The van der Waals surface area contributed by atoms with Crippen LogP contribution < -0.4 is 5.73 Å². The molecule has 0 bridgehead atoms. The first-order valence-electron chi connectivity index (χ1n) is 13.0. The summed E-state index contributed by atoms with van der Waals surface area (Å²) in [6, 6.07) is 26.0. The molecule has 8 heteroatoms. The fraction of sp³-hybridized carbons (Fsp3) is 0.161. The van der Waals surface area contributed by atoms with Crippen LogP contribution in [0.2, 0.25) is 0 Å². The number of nitrogens with two attached hydrogens (primary N) is 1. The SMILES string of the molecule is NC(=O)c1ncccc1[C@@H](Cc1c[nH]c2ccccc12)c1nnc(CCc2ccccc2)n1Cc1ccco1. The minimum Gasteiger partial charge on any atom is -0.467 e. The number of nitrogens with zero attached hydrogens (tertiary/aromatic N) is 4. The highest BCUT2D eigenvalue weighted by Gasteiger charge is 2.28. The van der Waals surface area contributed by atoms with Gasteiger partial charge in [0.2, 0.25) is 0 Å². The van der Waals surface area contributed by atoms with Crippen LogP contribution in [-0.2, 0) is 25.8 Å². The number of benzene rings is 2. The Balaban J connectivity index is 1.46. The molecule has 1 amide bonds. The van der Waals surface area contributed by atoms with E-state index < -0.39 is 5.91 Å². The van der Waals surface area contributed by atoms with Gasteiger partial charge in [0.25, 0.3) is 5.91 Å². The molecule has 0 aliphatic carbocycles. The van der Waals surface area contributed by atoms with Crippen molar-refractivity contribution in [3.8, 4) is 0 Å². The summed E-state index contributed by atoms with van der Waals surface area (Å²) >= 11 is 0. The summed E-state index contributed by atoms with van der Waals surface area (Å²) in [6.45, 7) is 0.468. The van der Waals surface area contributed by atoms with Crippen LogP contribution in [0, 0.1) is 0 Å². The van der Waals surface area contributed by atoms with Gasteiger partial charge in [0.1, 0.15) is 23.1 Å². The summed E-state index contributed by atoms with van der Waals surface area (Å²) in [7, 11) is 0. The lowest BCUT2D eigenvalue weighted by molar-refractivity contribution is 0.0994. The van der Waals surface area contributed by atoms with E-state index in [0.29, 0.717) is 19.4 Å². The second-order valence-electron chi connectivity index (χ2n) is 9.55. The van der Waals surface area contributed by atoms with E-state index in [1.807, 2.05) is 66.9 Å². The van der Waals surface area contributed by atoms with E-state index in [-0.39, 0.29) is 11.6 Å². The van der Waals surface area contributed by atoms with E-state index in [9.17, 15) is 4.79 Å². The maximum absolute atomic E-state index is 12.5. The van der Waals surface area contributed by atoms with Gasteiger partial charge in [-0.25, -0.2) is 0 Å². The number of H-pyrrole nitrogens is 1. The van der Waals surface area contributed by atoms with Crippen LogP contribution >= 0.6 is 0 Å². The van der Waals surface area contributed by atoms with E-state index in [4.69, 9.17) is 15.2 Å². The summed E-state index contributed by atoms with van der Waals surface area (Å²) in [5.41, 5.74) is 10.1. The van der Waals surface area contributed by atoms with Gasteiger partial charge in [-0.1, -0.05) is 54.6 Å². The number of fused-ring (bicyclic) bond motifs is 1. The molecule has 3 N–H and O–H groups in total. The van der Waals surface area contributed by atoms with Crippen molar-refractivity contribution in [1.82, 2.24) is 24.7 Å². The summed E-state index contributed by atoms with van der Waals surface area (Å²) in [5.74, 6) is 1.47. The molecule has 8 nitrogen and oxygen atoms in total. The van der Waals surface area contributed by atoms with Crippen LogP contribution in [0.25, 0.3) is 10.9 Å². The summed E-state index contributed by atoms with van der Waals surface area (Å²) < 4.78 is 7.83. The number of aromatic nitrogens is 5. The molecule has 39 heavy (non-hydrogen) atoms. The average Bonchev–Trinajstić information content (AvgIpc) is 3.72. The van der Waals surface area contributed by atoms with E-state index >= 15 is 0 Å². The standard InChI is InChI=1S/C31H28N6O2/c32-30(38)29-25(12-6-16-33-29)26(18-22-19-34-27-13-5-4-11-24(22)27)31-36-35-28(15-14-21-8-2-1-3-9-21)37(31)20-23-10-7-17-39-23/h1-13,16-17,19,26,34H,14-15,18,20H2,(H2,32,38)/t26-/m1/s1. The normalized spacial score (nSPS) is 12.1. The van der Waals surface area contributed by atoms with Crippen molar-refractivity contribution in [1.29, 1.82) is 0 Å². The van der Waals surface area contributed by atoms with Crippen molar-refractivity contribution in [2.45, 2.75) is 31.7 Å². The molecule has 0 aliphatic rings. The zero-order valence-electron chi connectivity index (χ0n) is 21.3. The maximum Gasteiger partial charge on any atom is 0.267 e. The smallest absolute Gasteiger partial charge is 0.267 e. The number of carbonyl (C=O) groups excluding carboxylic acids is 1. The number of aryl methyl sites for hydroxylation is 2. The number of rotatable bonds is 10. The molecule has 1 atom stereocenters. The highest BCUT2D eigenvalue weighted by molar-refractivity contribution is 5.92. The second kappa shape index (κ2) is 10.8. The van der Waals surface area contributed by atoms with Crippen LogP contribution in [0.1, 0.15) is 50.5 Å². The molecule has 4 aromatic heterocycles. The van der Waals surface area contributed by atoms with Gasteiger partial charge in [-0.05, 0) is 53.8 Å². The zero-order chi connectivity index (χ0) is 26.6. The number of hydrogen-bond acceptors (Lipinski definition) is 5. The van der Waals surface area contributed by atoms with Crippen LogP contribution in [0.4, 0.5) is 0 Å². The van der Waals surface area contributed by atoms with Crippen LogP contribution in [-0.4, -0.2) is 30.6 Å². The van der Waals surface area contributed by atoms with Gasteiger partial charge in [-0.3, -0.25) is 9.78 Å². The van der Waals surface area contributed by atoms with Crippen molar-refractivity contribution in [3.63, 3.8) is 0 Å². The van der Waals surface area contributed by atoms with Crippen LogP contribution in [0.15, 0.2) is 102 Å². The number of aromatic amines is 1. The number of nitrogens with one attached hydrogen (secondary N) is 1. The number of primary amides is 1. The first kappa shape index (κ1) is 24.4. The number of furan rings is 1. The topological polar surface area (TPSA) is 116 Å². The highest BCUT2D eigenvalue weighted by Crippen LogP contribution is 2.33. The lowest BCUT2D eigenvalue weighted by atomic mass is 9.89. The molecule has 2 aromatic carbocycles. The average molecular weight is 517 g/mol. The lowest BCUT2D eigenvalue weighted by Gasteiger charge is -2.20. The van der Waals surface area contributed by atoms with Crippen molar-refractivity contribution in [2.24, 2.45) is 5.73 Å². The van der Waals surface area contributed by atoms with Crippen molar-refractivity contribution in [2.75, 3.05) is 0 Å². The third-order valence-corrected chi connectivity index (χ3v) is 7.09. The Morgan fingerprint density at radius 3 is 2.62 bits per heavy atom. The highest BCUT2D eigenvalue weighted by atomic mass is 16.3. The minimum absolute atomic E-state index is 0.237. The van der Waals surface area contributed by atoms with Crippen LogP contribution in [0.5, 0.6) is 0 Å². The Morgan fingerprint density at radius 2 is 1.79 bits per heavy atom. The number of para-hydroxylation sites is 1. The molecule has 0 radical (unpaired) electrons. The molecule has 0 saturated carbocycles. The predicted octanol–water partition coefficient (Wildman–Crippen LogP) is 5.05. The van der Waals surface area contributed by atoms with Gasteiger partial charge in [0.15, 0.2) is 0 Å².